The number of hydrogen-bond donors (Lipinski definition) is 2. The van der Waals surface area contributed by atoms with Crippen LogP contribution in [0, 0.1) is 0 Å². The lowest BCUT2D eigenvalue weighted by atomic mass is 9.99. The summed E-state index contributed by atoms with van der Waals surface area (Å²) in [5.41, 5.74) is 0.162. The lowest BCUT2D eigenvalue weighted by Gasteiger charge is -2.16. The average Bonchev–Trinajstić information content (AvgIpc) is 2.71. The number of fused-ring (bicyclic) bond motifs is 1. The molecule has 0 amide bonds. The molecule has 0 saturated carbocycles. The van der Waals surface area contributed by atoms with Crippen molar-refractivity contribution >= 4 is 17.9 Å². The second kappa shape index (κ2) is 4.79. The highest BCUT2D eigenvalue weighted by Gasteiger charge is 2.32. The van der Waals surface area contributed by atoms with Crippen LogP contribution in [-0.4, -0.2) is 41.3 Å². The van der Waals surface area contributed by atoms with Crippen molar-refractivity contribution < 1.29 is 34.1 Å². The lowest BCUT2D eigenvalue weighted by molar-refractivity contribution is -0.156. The van der Waals surface area contributed by atoms with Gasteiger partial charge in [0.25, 0.3) is 0 Å². The van der Waals surface area contributed by atoms with Crippen molar-refractivity contribution in [2.75, 3.05) is 7.11 Å². The molecule has 100 valence electrons. The summed E-state index contributed by atoms with van der Waals surface area (Å²) in [5, 5.41) is 19.3. The third-order valence-electron chi connectivity index (χ3n) is 2.75. The molecule has 0 spiro atoms. The van der Waals surface area contributed by atoms with Crippen molar-refractivity contribution in [3.63, 3.8) is 0 Å². The molecule has 1 heterocycles. The minimum Gasteiger partial charge on any atom is -0.467 e. The molecule has 19 heavy (non-hydrogen) atoms. The van der Waals surface area contributed by atoms with Crippen molar-refractivity contribution in [2.45, 2.75) is 12.2 Å². The van der Waals surface area contributed by atoms with E-state index in [4.69, 9.17) is 0 Å². The number of methoxy groups -OCH3 is 1. The molecule has 1 aliphatic rings. The van der Waals surface area contributed by atoms with Gasteiger partial charge in [0.15, 0.2) is 6.10 Å². The molecular weight excluding hydrogens is 256 g/mol. The first-order valence-corrected chi connectivity index (χ1v) is 5.30. The van der Waals surface area contributed by atoms with E-state index in [0.29, 0.717) is 0 Å². The van der Waals surface area contributed by atoms with Gasteiger partial charge in [-0.2, -0.15) is 0 Å². The van der Waals surface area contributed by atoms with Crippen molar-refractivity contribution in [1.29, 1.82) is 0 Å². The highest BCUT2D eigenvalue weighted by molar-refractivity contribution is 6.14. The fraction of sp³-hybridized carbons (Fsp3) is 0.250. The highest BCUT2D eigenvalue weighted by Crippen LogP contribution is 2.25. The number of carbonyl (C=O) groups is 3. The van der Waals surface area contributed by atoms with Crippen LogP contribution < -0.4 is 0 Å². The molecule has 7 heteroatoms. The Balaban J connectivity index is 2.33. The Morgan fingerprint density at radius 2 is 1.84 bits per heavy atom. The van der Waals surface area contributed by atoms with E-state index in [0.717, 1.165) is 7.11 Å². The third kappa shape index (κ3) is 2.20. The zero-order valence-corrected chi connectivity index (χ0v) is 9.82. The summed E-state index contributed by atoms with van der Waals surface area (Å²) in [6, 6.07) is 3.79. The zero-order chi connectivity index (χ0) is 14.2. The Bertz CT molecular complexity index is 563. The van der Waals surface area contributed by atoms with Crippen molar-refractivity contribution in [1.82, 2.24) is 0 Å². The van der Waals surface area contributed by atoms with Crippen LogP contribution in [0.15, 0.2) is 18.2 Å². The minimum atomic E-state index is -1.78. The van der Waals surface area contributed by atoms with E-state index < -0.39 is 30.1 Å². The maximum Gasteiger partial charge on any atom is 0.346 e. The van der Waals surface area contributed by atoms with Crippen LogP contribution in [0.1, 0.15) is 32.4 Å². The first kappa shape index (κ1) is 13.2. The van der Waals surface area contributed by atoms with Gasteiger partial charge in [-0.3, -0.25) is 0 Å². The number of ether oxygens (including phenoxy) is 2. The molecule has 1 aromatic carbocycles. The topological polar surface area (TPSA) is 110 Å². The molecule has 0 bridgehead atoms. The van der Waals surface area contributed by atoms with Crippen LogP contribution in [0.5, 0.6) is 0 Å². The van der Waals surface area contributed by atoms with Gasteiger partial charge >= 0.3 is 17.9 Å². The molecule has 0 radical (unpaired) electrons. The monoisotopic (exact) mass is 266 g/mol. The minimum absolute atomic E-state index is 0.0152. The van der Waals surface area contributed by atoms with Crippen LogP contribution in [0.4, 0.5) is 0 Å². The summed E-state index contributed by atoms with van der Waals surface area (Å²) >= 11 is 0. The van der Waals surface area contributed by atoms with Gasteiger partial charge in [-0.05, 0) is 17.7 Å². The molecule has 2 atom stereocenters. The van der Waals surface area contributed by atoms with Gasteiger partial charge in [0.2, 0.25) is 0 Å². The summed E-state index contributed by atoms with van der Waals surface area (Å²) < 4.78 is 8.67. The molecule has 0 aromatic heterocycles. The molecular formula is C12H10O7. The third-order valence-corrected chi connectivity index (χ3v) is 2.75. The molecule has 0 fully saturated rings. The summed E-state index contributed by atoms with van der Waals surface area (Å²) in [5.74, 6) is -2.61. The number of cyclic esters (lactones) is 2. The van der Waals surface area contributed by atoms with Crippen LogP contribution in [-0.2, 0) is 14.3 Å². The quantitative estimate of drug-likeness (QED) is 0.563. The second-order valence-corrected chi connectivity index (χ2v) is 3.89. The molecule has 2 unspecified atom stereocenters. The van der Waals surface area contributed by atoms with Gasteiger partial charge in [0.1, 0.15) is 6.10 Å². The normalized spacial score (nSPS) is 16.6. The molecule has 7 nitrogen and oxygen atoms in total. The van der Waals surface area contributed by atoms with E-state index in [9.17, 15) is 24.6 Å². The van der Waals surface area contributed by atoms with Crippen molar-refractivity contribution in [3.8, 4) is 0 Å². The van der Waals surface area contributed by atoms with E-state index in [1.807, 2.05) is 0 Å². The van der Waals surface area contributed by atoms with E-state index >= 15 is 0 Å². The SMILES string of the molecule is COC(=O)C(O)C(O)c1ccc2c(c1)C(=O)OC2=O. The predicted octanol–water partition coefficient (Wildman–Crippen LogP) is -0.435. The number of rotatable bonds is 3. The van der Waals surface area contributed by atoms with E-state index in [1.165, 1.54) is 18.2 Å². The number of aliphatic hydroxyl groups excluding tert-OH is 2. The Kier molecular flexibility index (Phi) is 3.32. The molecule has 0 aliphatic carbocycles. The van der Waals surface area contributed by atoms with Gasteiger partial charge in [0.05, 0.1) is 18.2 Å². The van der Waals surface area contributed by atoms with Gasteiger partial charge < -0.3 is 19.7 Å². The number of carbonyl (C=O) groups excluding carboxylic acids is 3. The number of aliphatic hydroxyl groups is 2. The first-order chi connectivity index (χ1) is 8.95. The maximum absolute atomic E-state index is 11.3. The largest absolute Gasteiger partial charge is 0.467 e. The van der Waals surface area contributed by atoms with Crippen LogP contribution >= 0.6 is 0 Å². The van der Waals surface area contributed by atoms with Gasteiger partial charge in [-0.15, -0.1) is 0 Å². The Labute approximate surface area is 107 Å². The fourth-order valence-corrected chi connectivity index (χ4v) is 1.72. The predicted molar refractivity (Wildman–Crippen MR) is 59.2 cm³/mol. The van der Waals surface area contributed by atoms with E-state index in [2.05, 4.69) is 9.47 Å². The van der Waals surface area contributed by atoms with E-state index in [1.54, 1.807) is 0 Å². The molecule has 0 saturated heterocycles. The molecule has 1 aromatic rings. The lowest BCUT2D eigenvalue weighted by Crippen LogP contribution is -2.29. The Hall–Kier alpha value is -2.25. The highest BCUT2D eigenvalue weighted by atomic mass is 16.6. The number of hydrogen-bond acceptors (Lipinski definition) is 7. The summed E-state index contributed by atoms with van der Waals surface area (Å²) in [7, 11) is 1.07. The number of esters is 3. The van der Waals surface area contributed by atoms with Crippen molar-refractivity contribution in [3.05, 3.63) is 34.9 Å². The maximum atomic E-state index is 11.3. The molecule has 1 aliphatic heterocycles. The zero-order valence-electron chi connectivity index (χ0n) is 9.82. The first-order valence-electron chi connectivity index (χ1n) is 5.30. The summed E-state index contributed by atoms with van der Waals surface area (Å²) in [6.45, 7) is 0. The number of benzene rings is 1. The standard InChI is InChI=1S/C12H10O7/c1-18-12(17)9(14)8(13)5-2-3-6-7(4-5)11(16)19-10(6)15/h2-4,8-9,13-14H,1H3. The summed E-state index contributed by atoms with van der Waals surface area (Å²) in [6.07, 6.45) is -3.35. The summed E-state index contributed by atoms with van der Waals surface area (Å²) in [4.78, 5) is 33.6. The second-order valence-electron chi connectivity index (χ2n) is 3.89. The molecule has 2 rings (SSSR count). The van der Waals surface area contributed by atoms with Crippen molar-refractivity contribution in [2.24, 2.45) is 0 Å². The van der Waals surface area contributed by atoms with Crippen LogP contribution in [0.25, 0.3) is 0 Å². The van der Waals surface area contributed by atoms with Gasteiger partial charge in [0, 0.05) is 0 Å². The average molecular weight is 266 g/mol. The Morgan fingerprint density at radius 1 is 1.21 bits per heavy atom. The van der Waals surface area contributed by atoms with E-state index in [-0.39, 0.29) is 16.7 Å². The smallest absolute Gasteiger partial charge is 0.346 e. The molecule has 2 N–H and O–H groups in total. The fourth-order valence-electron chi connectivity index (χ4n) is 1.72. The van der Waals surface area contributed by atoms with Gasteiger partial charge in [-0.25, -0.2) is 14.4 Å². The van der Waals surface area contributed by atoms with Gasteiger partial charge in [-0.1, -0.05) is 6.07 Å². The van der Waals surface area contributed by atoms with Crippen LogP contribution in [0.2, 0.25) is 0 Å². The van der Waals surface area contributed by atoms with Crippen LogP contribution in [0.3, 0.4) is 0 Å². The Morgan fingerprint density at radius 3 is 2.47 bits per heavy atom.